The molecule has 0 aliphatic rings. The topological polar surface area (TPSA) is 51.5 Å². The number of nitrogens with one attached hydrogen (secondary N) is 1. The summed E-state index contributed by atoms with van der Waals surface area (Å²) in [6.07, 6.45) is 2.01. The van der Waals surface area contributed by atoms with Crippen molar-refractivity contribution in [1.29, 1.82) is 0 Å². The van der Waals surface area contributed by atoms with Crippen LogP contribution in [0.4, 0.5) is 0 Å². The fourth-order valence-corrected chi connectivity index (χ4v) is 3.38. The van der Waals surface area contributed by atoms with Crippen LogP contribution in [0.5, 0.6) is 0 Å². The number of ether oxygens (including phenoxy) is 1. The van der Waals surface area contributed by atoms with Gasteiger partial charge in [-0.1, -0.05) is 66.7 Å². The normalized spacial score (nSPS) is 10.9. The van der Waals surface area contributed by atoms with Gasteiger partial charge in [-0.25, -0.2) is 0 Å². The molecule has 0 radical (unpaired) electrons. The molecule has 146 valence electrons. The van der Waals surface area contributed by atoms with Crippen molar-refractivity contribution in [1.82, 2.24) is 5.32 Å². The van der Waals surface area contributed by atoms with Crippen molar-refractivity contribution >= 4 is 16.7 Å². The van der Waals surface area contributed by atoms with E-state index in [4.69, 9.17) is 9.15 Å². The van der Waals surface area contributed by atoms with E-state index in [9.17, 15) is 4.79 Å². The molecule has 0 aliphatic carbocycles. The number of carbonyl (C=O) groups is 1. The molecule has 1 aromatic heterocycles. The summed E-state index contributed by atoms with van der Waals surface area (Å²) in [7, 11) is 0. The van der Waals surface area contributed by atoms with E-state index >= 15 is 0 Å². The van der Waals surface area contributed by atoms with Gasteiger partial charge < -0.3 is 14.5 Å². The molecule has 0 saturated heterocycles. The van der Waals surface area contributed by atoms with Crippen molar-refractivity contribution in [2.24, 2.45) is 0 Å². The second kappa shape index (κ2) is 9.22. The predicted octanol–water partition coefficient (Wildman–Crippen LogP) is 5.01. The van der Waals surface area contributed by atoms with Gasteiger partial charge in [-0.15, -0.1) is 0 Å². The Kier molecular flexibility index (Phi) is 6.03. The van der Waals surface area contributed by atoms with Crippen molar-refractivity contribution < 1.29 is 13.9 Å². The molecule has 0 aliphatic heterocycles. The molecule has 4 heteroatoms. The van der Waals surface area contributed by atoms with Crippen molar-refractivity contribution in [3.8, 4) is 0 Å². The Labute approximate surface area is 170 Å². The SMILES string of the molecule is O=C(Cc1cccc2ccccc12)NCc1cccc(COCc2ccco2)c1. The molecule has 1 amide bonds. The lowest BCUT2D eigenvalue weighted by Gasteiger charge is -2.09. The zero-order valence-electron chi connectivity index (χ0n) is 16.1. The fraction of sp³-hybridized carbons (Fsp3) is 0.160. The summed E-state index contributed by atoms with van der Waals surface area (Å²) in [6, 6.07) is 26.0. The Hall–Kier alpha value is -3.37. The Bertz CT molecular complexity index is 1080. The van der Waals surface area contributed by atoms with Crippen LogP contribution >= 0.6 is 0 Å². The van der Waals surface area contributed by atoms with Crippen LogP contribution in [0.15, 0.2) is 89.5 Å². The van der Waals surface area contributed by atoms with Gasteiger partial charge in [0.1, 0.15) is 12.4 Å². The molecular formula is C25H23NO3. The van der Waals surface area contributed by atoms with Crippen LogP contribution in [0, 0.1) is 0 Å². The van der Waals surface area contributed by atoms with Crippen LogP contribution in [0.1, 0.15) is 22.5 Å². The second-order valence-electron chi connectivity index (χ2n) is 6.98. The molecule has 1 heterocycles. The monoisotopic (exact) mass is 385 g/mol. The van der Waals surface area contributed by atoms with Gasteiger partial charge in [-0.2, -0.15) is 0 Å². The lowest BCUT2D eigenvalue weighted by atomic mass is 10.0. The second-order valence-corrected chi connectivity index (χ2v) is 6.98. The molecule has 1 N–H and O–H groups in total. The quantitative estimate of drug-likeness (QED) is 0.464. The summed E-state index contributed by atoms with van der Waals surface area (Å²) in [5.74, 6) is 0.822. The number of amides is 1. The first-order valence-corrected chi connectivity index (χ1v) is 9.69. The largest absolute Gasteiger partial charge is 0.467 e. The minimum Gasteiger partial charge on any atom is -0.467 e. The third kappa shape index (κ3) is 5.12. The van der Waals surface area contributed by atoms with Gasteiger partial charge >= 0.3 is 0 Å². The predicted molar refractivity (Wildman–Crippen MR) is 113 cm³/mol. The highest BCUT2D eigenvalue weighted by Gasteiger charge is 2.07. The van der Waals surface area contributed by atoms with Crippen LogP contribution < -0.4 is 5.32 Å². The van der Waals surface area contributed by atoms with E-state index in [0.29, 0.717) is 26.2 Å². The van der Waals surface area contributed by atoms with Crippen molar-refractivity contribution in [3.05, 3.63) is 108 Å². The summed E-state index contributed by atoms with van der Waals surface area (Å²) >= 11 is 0. The van der Waals surface area contributed by atoms with Gasteiger partial charge in [0, 0.05) is 6.54 Å². The van der Waals surface area contributed by atoms with Gasteiger partial charge in [0.25, 0.3) is 0 Å². The van der Waals surface area contributed by atoms with Crippen LogP contribution in [-0.4, -0.2) is 5.91 Å². The summed E-state index contributed by atoms with van der Waals surface area (Å²) in [6.45, 7) is 1.44. The zero-order chi connectivity index (χ0) is 19.9. The van der Waals surface area contributed by atoms with Gasteiger partial charge in [-0.05, 0) is 39.6 Å². The highest BCUT2D eigenvalue weighted by atomic mass is 16.5. The van der Waals surface area contributed by atoms with Crippen LogP contribution in [0.25, 0.3) is 10.8 Å². The first-order valence-electron chi connectivity index (χ1n) is 9.69. The van der Waals surface area contributed by atoms with E-state index in [0.717, 1.165) is 33.2 Å². The highest BCUT2D eigenvalue weighted by Crippen LogP contribution is 2.19. The number of rotatable bonds is 8. The fourth-order valence-electron chi connectivity index (χ4n) is 3.38. The van der Waals surface area contributed by atoms with E-state index < -0.39 is 0 Å². The van der Waals surface area contributed by atoms with E-state index in [-0.39, 0.29) is 5.91 Å². The zero-order valence-corrected chi connectivity index (χ0v) is 16.1. The average molecular weight is 385 g/mol. The smallest absolute Gasteiger partial charge is 0.224 e. The number of fused-ring (bicyclic) bond motifs is 1. The van der Waals surface area contributed by atoms with Gasteiger partial charge in [0.15, 0.2) is 0 Å². The number of benzene rings is 3. The minimum atomic E-state index is 0.0147. The van der Waals surface area contributed by atoms with Crippen LogP contribution in [0.2, 0.25) is 0 Å². The van der Waals surface area contributed by atoms with Gasteiger partial charge in [-0.3, -0.25) is 4.79 Å². The summed E-state index contributed by atoms with van der Waals surface area (Å²) in [4.78, 5) is 12.5. The molecule has 4 aromatic rings. The van der Waals surface area contributed by atoms with Crippen molar-refractivity contribution in [3.63, 3.8) is 0 Å². The molecule has 4 rings (SSSR count). The van der Waals surface area contributed by atoms with Gasteiger partial charge in [0.2, 0.25) is 5.91 Å². The van der Waals surface area contributed by atoms with E-state index in [2.05, 4.69) is 29.6 Å². The standard InChI is InChI=1S/C25H23NO3/c27-25(15-22-10-4-9-21-8-1-2-12-24(21)22)26-16-19-6-3-7-20(14-19)17-28-18-23-11-5-13-29-23/h1-14H,15-18H2,(H,26,27). The number of carbonyl (C=O) groups excluding carboxylic acids is 1. The lowest BCUT2D eigenvalue weighted by molar-refractivity contribution is -0.120. The number of hydrogen-bond acceptors (Lipinski definition) is 3. The molecule has 0 saturated carbocycles. The summed E-state index contributed by atoms with van der Waals surface area (Å²) < 4.78 is 10.9. The molecule has 0 spiro atoms. The van der Waals surface area contributed by atoms with E-state index in [1.54, 1.807) is 6.26 Å². The summed E-state index contributed by atoms with van der Waals surface area (Å²) in [5.41, 5.74) is 3.16. The Morgan fingerprint density at radius 2 is 1.69 bits per heavy atom. The first kappa shape index (κ1) is 19.0. The number of hydrogen-bond donors (Lipinski definition) is 1. The number of furan rings is 1. The third-order valence-electron chi connectivity index (χ3n) is 4.81. The molecule has 3 aromatic carbocycles. The first-order chi connectivity index (χ1) is 14.3. The maximum atomic E-state index is 12.5. The molecular weight excluding hydrogens is 362 g/mol. The maximum Gasteiger partial charge on any atom is 0.224 e. The lowest BCUT2D eigenvalue weighted by Crippen LogP contribution is -2.24. The Morgan fingerprint density at radius 1 is 0.862 bits per heavy atom. The highest BCUT2D eigenvalue weighted by molar-refractivity contribution is 5.90. The molecule has 0 unspecified atom stereocenters. The molecule has 0 atom stereocenters. The maximum absolute atomic E-state index is 12.5. The van der Waals surface area contributed by atoms with Crippen LogP contribution in [-0.2, 0) is 35.7 Å². The van der Waals surface area contributed by atoms with Crippen molar-refractivity contribution in [2.75, 3.05) is 0 Å². The Morgan fingerprint density at radius 3 is 2.59 bits per heavy atom. The minimum absolute atomic E-state index is 0.0147. The molecule has 0 fully saturated rings. The van der Waals surface area contributed by atoms with Crippen LogP contribution in [0.3, 0.4) is 0 Å². The van der Waals surface area contributed by atoms with E-state index in [1.165, 1.54) is 0 Å². The molecule has 4 nitrogen and oxygen atoms in total. The molecule has 29 heavy (non-hydrogen) atoms. The summed E-state index contributed by atoms with van der Waals surface area (Å²) in [5, 5.41) is 5.30. The molecule has 0 bridgehead atoms. The van der Waals surface area contributed by atoms with Crippen molar-refractivity contribution in [2.45, 2.75) is 26.2 Å². The average Bonchev–Trinajstić information content (AvgIpc) is 3.26. The van der Waals surface area contributed by atoms with Gasteiger partial charge in [0.05, 0.1) is 19.3 Å². The third-order valence-corrected chi connectivity index (χ3v) is 4.81. The van der Waals surface area contributed by atoms with E-state index in [1.807, 2.05) is 54.6 Å². The Balaban J connectivity index is 1.31.